The first-order chi connectivity index (χ1) is 7.83. The first-order valence-corrected chi connectivity index (χ1v) is 6.09. The van der Waals surface area contributed by atoms with Crippen molar-refractivity contribution >= 4 is 11.6 Å². The minimum atomic E-state index is -0.187. The highest BCUT2D eigenvalue weighted by Gasteiger charge is 2.15. The Morgan fingerprint density at radius 2 is 2.06 bits per heavy atom. The van der Waals surface area contributed by atoms with E-state index in [1.54, 1.807) is 7.11 Å². The van der Waals surface area contributed by atoms with E-state index in [0.717, 1.165) is 18.4 Å². The standard InChI is InChI=1S/C13H21ClN2O/c1-13(2,16)7-6-11(15)9-4-5-12(17-3)10(14)8-9/h4-5,8,11H,6-7,15-16H2,1-3H3. The summed E-state index contributed by atoms with van der Waals surface area (Å²) in [4.78, 5) is 0. The normalized spacial score (nSPS) is 13.5. The van der Waals surface area contributed by atoms with Crippen molar-refractivity contribution in [3.63, 3.8) is 0 Å². The van der Waals surface area contributed by atoms with Crippen molar-refractivity contribution in [1.29, 1.82) is 0 Å². The highest BCUT2D eigenvalue weighted by atomic mass is 35.5. The van der Waals surface area contributed by atoms with Gasteiger partial charge in [-0.2, -0.15) is 0 Å². The molecule has 17 heavy (non-hydrogen) atoms. The van der Waals surface area contributed by atoms with Gasteiger partial charge in [-0.15, -0.1) is 0 Å². The molecule has 1 atom stereocenters. The van der Waals surface area contributed by atoms with Crippen LogP contribution in [0.1, 0.15) is 38.3 Å². The third kappa shape index (κ3) is 4.54. The molecule has 0 bridgehead atoms. The lowest BCUT2D eigenvalue weighted by Crippen LogP contribution is -2.32. The largest absolute Gasteiger partial charge is 0.495 e. The van der Waals surface area contributed by atoms with Gasteiger partial charge >= 0.3 is 0 Å². The number of ether oxygens (including phenoxy) is 1. The van der Waals surface area contributed by atoms with Gasteiger partial charge in [0, 0.05) is 11.6 Å². The Kier molecular flexibility index (Phi) is 4.80. The zero-order valence-electron chi connectivity index (χ0n) is 10.7. The molecular weight excluding hydrogens is 236 g/mol. The fraction of sp³-hybridized carbons (Fsp3) is 0.538. The molecule has 0 radical (unpaired) electrons. The van der Waals surface area contributed by atoms with Crippen LogP contribution in [0, 0.1) is 0 Å². The molecule has 4 heteroatoms. The molecule has 3 nitrogen and oxygen atoms in total. The second kappa shape index (κ2) is 5.71. The average Bonchev–Trinajstić information content (AvgIpc) is 2.24. The van der Waals surface area contributed by atoms with Crippen LogP contribution in [0.15, 0.2) is 18.2 Å². The van der Waals surface area contributed by atoms with Crippen LogP contribution in [0.3, 0.4) is 0 Å². The summed E-state index contributed by atoms with van der Waals surface area (Å²) >= 11 is 6.06. The van der Waals surface area contributed by atoms with Crippen LogP contribution < -0.4 is 16.2 Å². The quantitative estimate of drug-likeness (QED) is 0.852. The number of nitrogens with two attached hydrogens (primary N) is 2. The SMILES string of the molecule is COc1ccc(C(N)CCC(C)(C)N)cc1Cl. The molecule has 0 saturated carbocycles. The average molecular weight is 257 g/mol. The summed E-state index contributed by atoms with van der Waals surface area (Å²) in [5.74, 6) is 0.668. The summed E-state index contributed by atoms with van der Waals surface area (Å²) in [5.41, 5.74) is 12.9. The zero-order valence-corrected chi connectivity index (χ0v) is 11.4. The summed E-state index contributed by atoms with van der Waals surface area (Å²) < 4.78 is 5.10. The number of benzene rings is 1. The lowest BCUT2D eigenvalue weighted by atomic mass is 9.94. The molecule has 96 valence electrons. The van der Waals surface area contributed by atoms with E-state index in [2.05, 4.69) is 0 Å². The maximum atomic E-state index is 6.11. The van der Waals surface area contributed by atoms with Gasteiger partial charge in [0.1, 0.15) is 5.75 Å². The minimum absolute atomic E-state index is 0.0405. The summed E-state index contributed by atoms with van der Waals surface area (Å²) in [6.45, 7) is 4.00. The predicted octanol–water partition coefficient (Wildman–Crippen LogP) is 2.87. The fourth-order valence-electron chi connectivity index (χ4n) is 1.61. The Bertz CT molecular complexity index is 374. The smallest absolute Gasteiger partial charge is 0.137 e. The van der Waals surface area contributed by atoms with Crippen LogP contribution in [0.5, 0.6) is 5.75 Å². The van der Waals surface area contributed by atoms with Gasteiger partial charge in [0.15, 0.2) is 0 Å². The maximum Gasteiger partial charge on any atom is 0.137 e. The molecule has 0 saturated heterocycles. The Morgan fingerprint density at radius 1 is 1.41 bits per heavy atom. The molecule has 0 aliphatic rings. The van der Waals surface area contributed by atoms with Crippen molar-refractivity contribution in [2.75, 3.05) is 7.11 Å². The molecule has 0 aromatic heterocycles. The van der Waals surface area contributed by atoms with Gasteiger partial charge in [0.05, 0.1) is 12.1 Å². The first-order valence-electron chi connectivity index (χ1n) is 5.71. The Hall–Kier alpha value is -0.770. The van der Waals surface area contributed by atoms with Crippen molar-refractivity contribution in [2.24, 2.45) is 11.5 Å². The molecule has 1 aromatic carbocycles. The van der Waals surface area contributed by atoms with Crippen molar-refractivity contribution < 1.29 is 4.74 Å². The number of hydrogen-bond donors (Lipinski definition) is 2. The van der Waals surface area contributed by atoms with Gasteiger partial charge in [-0.3, -0.25) is 0 Å². The molecule has 1 rings (SSSR count). The fourth-order valence-corrected chi connectivity index (χ4v) is 1.87. The van der Waals surface area contributed by atoms with E-state index >= 15 is 0 Å². The second-order valence-electron chi connectivity index (χ2n) is 5.03. The third-order valence-electron chi connectivity index (χ3n) is 2.70. The van der Waals surface area contributed by atoms with Crippen LogP contribution in [-0.2, 0) is 0 Å². The molecule has 0 heterocycles. The maximum absolute atomic E-state index is 6.11. The molecule has 0 amide bonds. The first kappa shape index (κ1) is 14.3. The Balaban J connectivity index is 2.69. The number of halogens is 1. The number of hydrogen-bond acceptors (Lipinski definition) is 3. The summed E-state index contributed by atoms with van der Waals surface area (Å²) in [6, 6.07) is 5.60. The van der Waals surface area contributed by atoms with Crippen LogP contribution in [-0.4, -0.2) is 12.6 Å². The monoisotopic (exact) mass is 256 g/mol. The van der Waals surface area contributed by atoms with E-state index in [4.69, 9.17) is 27.8 Å². The van der Waals surface area contributed by atoms with Gasteiger partial charge in [0.25, 0.3) is 0 Å². The van der Waals surface area contributed by atoms with Crippen LogP contribution in [0.2, 0.25) is 5.02 Å². The Labute approximate surface area is 108 Å². The predicted molar refractivity (Wildman–Crippen MR) is 72.4 cm³/mol. The zero-order chi connectivity index (χ0) is 13.1. The van der Waals surface area contributed by atoms with Gasteiger partial charge < -0.3 is 16.2 Å². The van der Waals surface area contributed by atoms with E-state index in [0.29, 0.717) is 10.8 Å². The summed E-state index contributed by atoms with van der Waals surface area (Å²) in [5, 5.41) is 0.590. The molecular formula is C13H21ClN2O. The highest BCUT2D eigenvalue weighted by molar-refractivity contribution is 6.32. The van der Waals surface area contributed by atoms with E-state index in [1.807, 2.05) is 32.0 Å². The van der Waals surface area contributed by atoms with Crippen LogP contribution in [0.4, 0.5) is 0 Å². The molecule has 0 spiro atoms. The van der Waals surface area contributed by atoms with E-state index in [1.165, 1.54) is 0 Å². The van der Waals surface area contributed by atoms with E-state index in [-0.39, 0.29) is 11.6 Å². The van der Waals surface area contributed by atoms with Crippen LogP contribution in [0.25, 0.3) is 0 Å². The van der Waals surface area contributed by atoms with Crippen molar-refractivity contribution in [3.8, 4) is 5.75 Å². The van der Waals surface area contributed by atoms with E-state index in [9.17, 15) is 0 Å². The molecule has 0 aliphatic heterocycles. The highest BCUT2D eigenvalue weighted by Crippen LogP contribution is 2.28. The van der Waals surface area contributed by atoms with E-state index < -0.39 is 0 Å². The van der Waals surface area contributed by atoms with Gasteiger partial charge in [-0.25, -0.2) is 0 Å². The summed E-state index contributed by atoms with van der Waals surface area (Å²) in [6.07, 6.45) is 1.71. The van der Waals surface area contributed by atoms with Crippen molar-refractivity contribution in [2.45, 2.75) is 38.3 Å². The molecule has 1 aromatic rings. The second-order valence-corrected chi connectivity index (χ2v) is 5.43. The van der Waals surface area contributed by atoms with Crippen molar-refractivity contribution in [3.05, 3.63) is 28.8 Å². The molecule has 1 unspecified atom stereocenters. The molecule has 4 N–H and O–H groups in total. The molecule has 0 fully saturated rings. The van der Waals surface area contributed by atoms with Crippen LogP contribution >= 0.6 is 11.6 Å². The summed E-state index contributed by atoms with van der Waals surface area (Å²) in [7, 11) is 1.59. The molecule has 0 aliphatic carbocycles. The van der Waals surface area contributed by atoms with Gasteiger partial charge in [-0.1, -0.05) is 17.7 Å². The lowest BCUT2D eigenvalue weighted by molar-refractivity contribution is 0.414. The Morgan fingerprint density at radius 3 is 2.53 bits per heavy atom. The number of rotatable bonds is 5. The minimum Gasteiger partial charge on any atom is -0.495 e. The lowest BCUT2D eigenvalue weighted by Gasteiger charge is -2.21. The van der Waals surface area contributed by atoms with Gasteiger partial charge in [-0.05, 0) is 44.4 Å². The third-order valence-corrected chi connectivity index (χ3v) is 3.00. The van der Waals surface area contributed by atoms with Crippen molar-refractivity contribution in [1.82, 2.24) is 0 Å². The van der Waals surface area contributed by atoms with Gasteiger partial charge in [0.2, 0.25) is 0 Å². The number of methoxy groups -OCH3 is 1. The topological polar surface area (TPSA) is 61.3 Å².